The van der Waals surface area contributed by atoms with E-state index in [2.05, 4.69) is 46.9 Å². The molecule has 1 fully saturated rings. The van der Waals surface area contributed by atoms with Crippen LogP contribution < -0.4 is 37.6 Å². The third-order valence-corrected chi connectivity index (χ3v) is 9.00. The quantitative estimate of drug-likeness (QED) is 0.0647. The topological polar surface area (TPSA) is 299 Å². The number of nitrogens with two attached hydrogens (primary N) is 1. The number of carbonyl (C=O) groups is 7. The first-order valence-electron chi connectivity index (χ1n) is 17.5. The Morgan fingerprint density at radius 2 is 1.53 bits per heavy atom. The predicted octanol–water partition coefficient (Wildman–Crippen LogP) is -2.66. The number of nitrogens with one attached hydrogen (secondary N) is 7. The number of rotatable bonds is 18. The van der Waals surface area contributed by atoms with Crippen molar-refractivity contribution in [3.8, 4) is 5.75 Å². The minimum Gasteiger partial charge on any atom is -0.508 e. The highest BCUT2D eigenvalue weighted by atomic mass is 16.3. The second kappa shape index (κ2) is 18.4. The van der Waals surface area contributed by atoms with Crippen molar-refractivity contribution in [3.05, 3.63) is 65.9 Å². The molecular weight excluding hydrogens is 716 g/mol. The molecule has 0 bridgehead atoms. The number of phenolic OH excluding ortho intramolecular Hbond substituents is 1. The number of hydrogen-bond donors (Lipinski definition) is 10. The average Bonchev–Trinajstić information content (AvgIpc) is 3.94. The molecule has 3 heterocycles. The molecule has 1 saturated heterocycles. The summed E-state index contributed by atoms with van der Waals surface area (Å²) in [5.74, 6) is -5.15. The van der Waals surface area contributed by atoms with E-state index in [1.54, 1.807) is 12.3 Å². The highest BCUT2D eigenvalue weighted by Gasteiger charge is 2.35. The van der Waals surface area contributed by atoms with Crippen LogP contribution in [-0.2, 0) is 46.4 Å². The van der Waals surface area contributed by atoms with Gasteiger partial charge in [-0.15, -0.1) is 0 Å². The largest absolute Gasteiger partial charge is 0.508 e. The lowest BCUT2D eigenvalue weighted by Crippen LogP contribution is -2.60. The van der Waals surface area contributed by atoms with Gasteiger partial charge in [0.1, 0.15) is 42.3 Å². The molecule has 5 rings (SSSR count). The third-order valence-electron chi connectivity index (χ3n) is 9.00. The van der Waals surface area contributed by atoms with Crippen molar-refractivity contribution >= 4 is 64.8 Å². The number of hydrogen-bond acceptors (Lipinski definition) is 11. The molecule has 290 valence electrons. The number of aliphatic imine (C=N–C) groups is 2. The Morgan fingerprint density at radius 3 is 2.18 bits per heavy atom. The molecule has 19 nitrogen and oxygen atoms in total. The number of phenols is 1. The van der Waals surface area contributed by atoms with Crippen molar-refractivity contribution in [1.82, 2.24) is 36.9 Å². The molecule has 2 aromatic carbocycles. The lowest BCUT2D eigenvalue weighted by molar-refractivity contribution is -0.135. The van der Waals surface area contributed by atoms with E-state index in [4.69, 9.17) is 5.73 Å². The number of carbonyl (C=O) groups excluding carboxylic acids is 7. The van der Waals surface area contributed by atoms with E-state index in [0.29, 0.717) is 11.1 Å². The van der Waals surface area contributed by atoms with Crippen molar-refractivity contribution in [3.63, 3.8) is 0 Å². The van der Waals surface area contributed by atoms with E-state index in [1.807, 2.05) is 18.2 Å². The molecule has 6 atom stereocenters. The van der Waals surface area contributed by atoms with E-state index in [9.17, 15) is 43.8 Å². The predicted molar refractivity (Wildman–Crippen MR) is 197 cm³/mol. The molecule has 7 amide bonds. The lowest BCUT2D eigenvalue weighted by atomic mass is 10.0. The van der Waals surface area contributed by atoms with Crippen LogP contribution in [0.3, 0.4) is 0 Å². The van der Waals surface area contributed by atoms with Crippen LogP contribution in [0.25, 0.3) is 10.9 Å². The molecule has 19 heteroatoms. The number of primary amides is 1. The summed E-state index contributed by atoms with van der Waals surface area (Å²) in [6.45, 7) is -1.43. The zero-order valence-electron chi connectivity index (χ0n) is 29.5. The minimum atomic E-state index is -1.62. The number of fused-ring (bicyclic) bond motifs is 1. The molecule has 1 aromatic heterocycles. The summed E-state index contributed by atoms with van der Waals surface area (Å²) in [6, 6.07) is 6.11. The smallest absolute Gasteiger partial charge is 0.245 e. The van der Waals surface area contributed by atoms with Crippen LogP contribution in [0.15, 0.2) is 64.7 Å². The van der Waals surface area contributed by atoms with Crippen LogP contribution >= 0.6 is 0 Å². The number of aliphatic hydroxyl groups excluding tert-OH is 1. The molecule has 2 aliphatic heterocycles. The summed E-state index contributed by atoms with van der Waals surface area (Å²) in [7, 11) is 0. The van der Waals surface area contributed by atoms with E-state index in [-0.39, 0.29) is 43.8 Å². The zero-order chi connectivity index (χ0) is 39.5. The Morgan fingerprint density at radius 1 is 0.855 bits per heavy atom. The minimum absolute atomic E-state index is 0.0262. The van der Waals surface area contributed by atoms with Crippen LogP contribution in [0, 0.1) is 0 Å². The van der Waals surface area contributed by atoms with Crippen molar-refractivity contribution < 1.29 is 43.8 Å². The molecule has 0 radical (unpaired) electrons. The first-order valence-corrected chi connectivity index (χ1v) is 17.5. The maximum absolute atomic E-state index is 14.0. The summed E-state index contributed by atoms with van der Waals surface area (Å²) in [5.41, 5.74) is 7.07. The Hall–Kier alpha value is -6.63. The van der Waals surface area contributed by atoms with Gasteiger partial charge in [0, 0.05) is 49.0 Å². The maximum Gasteiger partial charge on any atom is 0.245 e. The highest BCUT2D eigenvalue weighted by Crippen LogP contribution is 2.20. The van der Waals surface area contributed by atoms with Gasteiger partial charge in [0.05, 0.1) is 19.2 Å². The van der Waals surface area contributed by atoms with Gasteiger partial charge in [-0.05, 0) is 35.7 Å². The van der Waals surface area contributed by atoms with Gasteiger partial charge in [-0.2, -0.15) is 0 Å². The van der Waals surface area contributed by atoms with Gasteiger partial charge in [0.25, 0.3) is 0 Å². The van der Waals surface area contributed by atoms with Gasteiger partial charge in [-0.1, -0.05) is 30.3 Å². The number of amides is 7. The van der Waals surface area contributed by atoms with Crippen molar-refractivity contribution in [2.75, 3.05) is 13.2 Å². The monoisotopic (exact) mass is 758 g/mol. The summed E-state index contributed by atoms with van der Waals surface area (Å²) in [6.07, 6.45) is 4.63. The van der Waals surface area contributed by atoms with Gasteiger partial charge in [-0.3, -0.25) is 38.6 Å². The molecular formula is C36H42N10O9. The van der Waals surface area contributed by atoms with E-state index >= 15 is 0 Å². The second-order valence-corrected chi connectivity index (χ2v) is 13.1. The van der Waals surface area contributed by atoms with Crippen LogP contribution in [-0.4, -0.2) is 119 Å². The average molecular weight is 759 g/mol. The van der Waals surface area contributed by atoms with Gasteiger partial charge < -0.3 is 52.8 Å². The second-order valence-electron chi connectivity index (χ2n) is 13.1. The fourth-order valence-corrected chi connectivity index (χ4v) is 6.09. The van der Waals surface area contributed by atoms with Crippen LogP contribution in [0.2, 0.25) is 0 Å². The van der Waals surface area contributed by atoms with E-state index in [0.717, 1.165) is 10.9 Å². The number of aromatic nitrogens is 1. The maximum atomic E-state index is 14.0. The summed E-state index contributed by atoms with van der Waals surface area (Å²) >= 11 is 0. The molecule has 11 N–H and O–H groups in total. The Labute approximate surface area is 314 Å². The first kappa shape index (κ1) is 39.6. The number of aliphatic hydroxyl groups is 1. The number of H-pyrrole nitrogens is 1. The Balaban J connectivity index is 1.35. The van der Waals surface area contributed by atoms with Gasteiger partial charge in [0.2, 0.25) is 41.4 Å². The number of aromatic hydroxyl groups is 1. The number of nitrogens with zero attached hydrogens (tertiary/aromatic N) is 2. The number of para-hydroxylation sites is 1. The molecule has 2 aliphatic rings. The lowest BCUT2D eigenvalue weighted by Gasteiger charge is -2.26. The molecule has 3 aromatic rings. The SMILES string of the molecule is NC(=O)CNC(=O)[C@H](Cc1ccc(O)cc1)NC(=O)[C@H](CO)NC(=O)[C@H](Cc1c[nH]c2ccccc12)NC(=O)[C@H](CC1C=NC=N1)NC(=O)[C@@H]1CCC(=O)N1. The Kier molecular flexibility index (Phi) is 13.3. The fraction of sp³-hybridized carbons (Fsp3) is 0.361. The van der Waals surface area contributed by atoms with Gasteiger partial charge >= 0.3 is 0 Å². The van der Waals surface area contributed by atoms with Crippen molar-refractivity contribution in [2.24, 2.45) is 15.7 Å². The number of benzene rings is 2. The standard InChI is InChI=1S/C36H42N10O9/c37-30(49)16-40-32(51)26(11-19-5-7-22(48)8-6-19)43-36(55)29(17-47)46-34(53)27(12-20-14-39-24-4-2-1-3-23(20)24)44-35(54)28(13-21-15-38-18-41-21)45-33(52)25-9-10-31(50)42-25/h1-8,14-15,18,21,25-29,39,47-48H,9-13,16-17H2,(H2,37,49)(H,40,51)(H,42,50)(H,43,55)(H,44,54)(H,45,52)(H,46,53)/t21?,25-,26-,27-,28-,29-/m0/s1. The normalized spacial score (nSPS) is 18.1. The molecule has 0 saturated carbocycles. The van der Waals surface area contributed by atoms with E-state index < -0.39 is 84.8 Å². The summed E-state index contributed by atoms with van der Waals surface area (Å²) in [5, 5.41) is 35.8. The number of aromatic amines is 1. The van der Waals surface area contributed by atoms with Crippen LogP contribution in [0.4, 0.5) is 0 Å². The fourth-order valence-electron chi connectivity index (χ4n) is 6.09. The molecule has 0 aliphatic carbocycles. The van der Waals surface area contributed by atoms with Crippen LogP contribution in [0.1, 0.15) is 30.4 Å². The van der Waals surface area contributed by atoms with Gasteiger partial charge in [0.15, 0.2) is 0 Å². The summed E-state index contributed by atoms with van der Waals surface area (Å²) < 4.78 is 0. The molecule has 55 heavy (non-hydrogen) atoms. The summed E-state index contributed by atoms with van der Waals surface area (Å²) in [4.78, 5) is 102. The Bertz CT molecular complexity index is 1970. The van der Waals surface area contributed by atoms with Gasteiger partial charge in [-0.25, -0.2) is 4.99 Å². The van der Waals surface area contributed by atoms with E-state index in [1.165, 1.54) is 36.8 Å². The first-order chi connectivity index (χ1) is 26.4. The van der Waals surface area contributed by atoms with Crippen LogP contribution in [0.5, 0.6) is 5.75 Å². The molecule has 1 unspecified atom stereocenters. The third kappa shape index (κ3) is 10.9. The molecule has 0 spiro atoms. The van der Waals surface area contributed by atoms with Crippen molar-refractivity contribution in [1.29, 1.82) is 0 Å². The van der Waals surface area contributed by atoms with Crippen molar-refractivity contribution in [2.45, 2.75) is 68.4 Å². The highest BCUT2D eigenvalue weighted by molar-refractivity contribution is 5.98. The zero-order valence-corrected chi connectivity index (χ0v) is 29.5.